The third-order valence-corrected chi connectivity index (χ3v) is 6.51. The minimum absolute atomic E-state index is 0.114. The number of rotatable bonds is 8. The first-order chi connectivity index (χ1) is 15.1. The predicted molar refractivity (Wildman–Crippen MR) is 132 cm³/mol. The summed E-state index contributed by atoms with van der Waals surface area (Å²) in [5, 5.41) is 4.17. The molecule has 158 valence electrons. The summed E-state index contributed by atoms with van der Waals surface area (Å²) in [6.07, 6.45) is -0.543. The van der Waals surface area contributed by atoms with Crippen LogP contribution in [0.15, 0.2) is 88.2 Å². The summed E-state index contributed by atoms with van der Waals surface area (Å²) in [4.78, 5) is 17.1. The number of aromatic nitrogens is 1. The molecular formula is C25H23BrN2O2S. The lowest BCUT2D eigenvalue weighted by atomic mass is 10.1. The largest absolute Gasteiger partial charge is 0.481 e. The van der Waals surface area contributed by atoms with Crippen molar-refractivity contribution in [1.29, 1.82) is 0 Å². The first kappa shape index (κ1) is 21.5. The van der Waals surface area contributed by atoms with Crippen LogP contribution in [0.2, 0.25) is 0 Å². The van der Waals surface area contributed by atoms with E-state index in [0.29, 0.717) is 12.3 Å². The average molecular weight is 495 g/mol. The zero-order valence-corrected chi connectivity index (χ0v) is 19.5. The molecular weight excluding hydrogens is 472 g/mol. The highest BCUT2D eigenvalue weighted by Crippen LogP contribution is 2.37. The van der Waals surface area contributed by atoms with Crippen molar-refractivity contribution in [1.82, 2.24) is 10.3 Å². The van der Waals surface area contributed by atoms with Gasteiger partial charge in [0.15, 0.2) is 6.10 Å². The Balaban J connectivity index is 1.40. The number of fused-ring (bicyclic) bond motifs is 1. The van der Waals surface area contributed by atoms with Crippen molar-refractivity contribution in [2.75, 3.05) is 12.3 Å². The van der Waals surface area contributed by atoms with E-state index in [1.165, 1.54) is 10.3 Å². The summed E-state index contributed by atoms with van der Waals surface area (Å²) < 4.78 is 6.75. The molecule has 4 nitrogen and oxygen atoms in total. The van der Waals surface area contributed by atoms with Gasteiger partial charge in [-0.15, -0.1) is 11.8 Å². The molecule has 0 radical (unpaired) electrons. The van der Waals surface area contributed by atoms with E-state index in [1.807, 2.05) is 48.5 Å². The van der Waals surface area contributed by atoms with E-state index in [-0.39, 0.29) is 5.91 Å². The zero-order chi connectivity index (χ0) is 21.6. The Hall–Kier alpha value is -2.70. The van der Waals surface area contributed by atoms with Gasteiger partial charge in [-0.3, -0.25) is 4.79 Å². The smallest absolute Gasteiger partial charge is 0.260 e. The van der Waals surface area contributed by atoms with Crippen molar-refractivity contribution >= 4 is 44.5 Å². The van der Waals surface area contributed by atoms with Crippen LogP contribution in [0.1, 0.15) is 6.92 Å². The van der Waals surface area contributed by atoms with E-state index in [1.54, 1.807) is 18.7 Å². The molecule has 1 amide bonds. The van der Waals surface area contributed by atoms with Gasteiger partial charge in [0, 0.05) is 32.6 Å². The maximum Gasteiger partial charge on any atom is 0.260 e. The van der Waals surface area contributed by atoms with Crippen molar-refractivity contribution in [3.63, 3.8) is 0 Å². The van der Waals surface area contributed by atoms with E-state index >= 15 is 0 Å². The molecule has 1 atom stereocenters. The molecule has 0 fully saturated rings. The van der Waals surface area contributed by atoms with Crippen LogP contribution in [0.3, 0.4) is 0 Å². The van der Waals surface area contributed by atoms with Gasteiger partial charge in [0.25, 0.3) is 5.91 Å². The summed E-state index contributed by atoms with van der Waals surface area (Å²) >= 11 is 5.24. The fraction of sp³-hybridized carbons (Fsp3) is 0.160. The molecule has 1 aromatic heterocycles. The number of thioether (sulfide) groups is 1. The van der Waals surface area contributed by atoms with E-state index in [0.717, 1.165) is 27.0 Å². The van der Waals surface area contributed by atoms with E-state index in [4.69, 9.17) is 4.74 Å². The number of benzene rings is 3. The van der Waals surface area contributed by atoms with Crippen molar-refractivity contribution in [2.45, 2.75) is 17.9 Å². The minimum atomic E-state index is -0.543. The second kappa shape index (κ2) is 10.1. The number of halogens is 1. The fourth-order valence-electron chi connectivity index (χ4n) is 3.31. The molecule has 3 aromatic carbocycles. The number of H-pyrrole nitrogens is 1. The number of ether oxygens (including phenoxy) is 1. The van der Waals surface area contributed by atoms with Crippen molar-refractivity contribution in [2.24, 2.45) is 0 Å². The summed E-state index contributed by atoms with van der Waals surface area (Å²) in [6, 6.07) is 26.0. The van der Waals surface area contributed by atoms with Gasteiger partial charge in [0.2, 0.25) is 0 Å². The van der Waals surface area contributed by atoms with Crippen LogP contribution in [0.5, 0.6) is 5.75 Å². The maximum absolute atomic E-state index is 12.4. The molecule has 0 spiro atoms. The van der Waals surface area contributed by atoms with Crippen LogP contribution >= 0.6 is 27.7 Å². The van der Waals surface area contributed by atoms with Crippen molar-refractivity contribution in [3.05, 3.63) is 83.3 Å². The van der Waals surface area contributed by atoms with Crippen LogP contribution in [0.25, 0.3) is 22.2 Å². The Kier molecular flexibility index (Phi) is 6.99. The van der Waals surface area contributed by atoms with Crippen LogP contribution < -0.4 is 10.1 Å². The van der Waals surface area contributed by atoms with Crippen molar-refractivity contribution in [3.8, 4) is 17.0 Å². The number of hydrogen-bond acceptors (Lipinski definition) is 3. The molecule has 0 saturated heterocycles. The lowest BCUT2D eigenvalue weighted by molar-refractivity contribution is -0.127. The predicted octanol–water partition coefficient (Wildman–Crippen LogP) is 6.27. The molecule has 2 N–H and O–H groups in total. The van der Waals surface area contributed by atoms with Gasteiger partial charge < -0.3 is 15.0 Å². The van der Waals surface area contributed by atoms with Gasteiger partial charge in [-0.05, 0) is 42.8 Å². The first-order valence-corrected chi connectivity index (χ1v) is 11.9. The van der Waals surface area contributed by atoms with Crippen LogP contribution in [-0.2, 0) is 4.79 Å². The third-order valence-electron chi connectivity index (χ3n) is 4.86. The second-order valence-corrected chi connectivity index (χ2v) is 9.12. The number of nitrogens with one attached hydrogen (secondary N) is 2. The normalized spacial score (nSPS) is 11.9. The average Bonchev–Trinajstić information content (AvgIpc) is 3.16. The molecule has 4 rings (SSSR count). The number of aromatic amines is 1. The molecule has 1 heterocycles. The number of amides is 1. The second-order valence-electron chi connectivity index (χ2n) is 7.09. The molecule has 0 aliphatic heterocycles. The van der Waals surface area contributed by atoms with Crippen LogP contribution in [0, 0.1) is 0 Å². The monoisotopic (exact) mass is 494 g/mol. The van der Waals surface area contributed by atoms with Gasteiger partial charge >= 0.3 is 0 Å². The summed E-state index contributed by atoms with van der Waals surface area (Å²) in [5.41, 5.74) is 3.35. The lowest BCUT2D eigenvalue weighted by Gasteiger charge is -2.14. The highest BCUT2D eigenvalue weighted by molar-refractivity contribution is 9.10. The third kappa shape index (κ3) is 5.32. The molecule has 0 saturated carbocycles. The van der Waals surface area contributed by atoms with E-state index < -0.39 is 6.10 Å². The number of carbonyl (C=O) groups excluding carboxylic acids is 1. The topological polar surface area (TPSA) is 54.1 Å². The van der Waals surface area contributed by atoms with E-state index in [9.17, 15) is 4.79 Å². The molecule has 0 aliphatic carbocycles. The number of hydrogen-bond donors (Lipinski definition) is 2. The van der Waals surface area contributed by atoms with Gasteiger partial charge in [-0.25, -0.2) is 0 Å². The van der Waals surface area contributed by atoms with Gasteiger partial charge in [0.05, 0.1) is 5.69 Å². The van der Waals surface area contributed by atoms with Gasteiger partial charge in [0.1, 0.15) is 5.75 Å². The Morgan fingerprint density at radius 3 is 2.52 bits per heavy atom. The Morgan fingerprint density at radius 2 is 1.74 bits per heavy atom. The zero-order valence-electron chi connectivity index (χ0n) is 17.1. The number of para-hydroxylation sites is 2. The standard InChI is InChI=1S/C25H23BrN2O2S/c1-17(30-20-7-3-2-4-8-20)25(29)27-15-16-31-24-21-9-5-6-10-22(21)28-23(24)18-11-13-19(26)14-12-18/h2-14,17,28H,15-16H2,1H3,(H,27,29). The molecule has 1 unspecified atom stereocenters. The first-order valence-electron chi connectivity index (χ1n) is 10.1. The molecule has 0 aliphatic rings. The highest BCUT2D eigenvalue weighted by Gasteiger charge is 2.16. The Morgan fingerprint density at radius 1 is 1.03 bits per heavy atom. The summed E-state index contributed by atoms with van der Waals surface area (Å²) in [6.45, 7) is 2.33. The van der Waals surface area contributed by atoms with Crippen molar-refractivity contribution < 1.29 is 9.53 Å². The minimum Gasteiger partial charge on any atom is -0.481 e. The van der Waals surface area contributed by atoms with Crippen LogP contribution in [-0.4, -0.2) is 29.3 Å². The SMILES string of the molecule is CC(Oc1ccccc1)C(=O)NCCSc1c(-c2ccc(Br)cc2)[nH]c2ccccc12. The van der Waals surface area contributed by atoms with Gasteiger partial charge in [-0.2, -0.15) is 0 Å². The Labute approximate surface area is 194 Å². The summed E-state index contributed by atoms with van der Waals surface area (Å²) in [7, 11) is 0. The molecule has 4 aromatic rings. The molecule has 31 heavy (non-hydrogen) atoms. The highest BCUT2D eigenvalue weighted by atomic mass is 79.9. The van der Waals surface area contributed by atoms with Crippen LogP contribution in [0.4, 0.5) is 0 Å². The molecule has 6 heteroatoms. The van der Waals surface area contributed by atoms with Gasteiger partial charge in [-0.1, -0.05) is 64.5 Å². The maximum atomic E-state index is 12.4. The summed E-state index contributed by atoms with van der Waals surface area (Å²) in [5.74, 6) is 1.34. The lowest BCUT2D eigenvalue weighted by Crippen LogP contribution is -2.37. The van der Waals surface area contributed by atoms with E-state index in [2.05, 4.69) is 56.6 Å². The quantitative estimate of drug-likeness (QED) is 0.224. The molecule has 0 bridgehead atoms. The fourth-order valence-corrected chi connectivity index (χ4v) is 4.63. The number of carbonyl (C=O) groups is 1. The Bertz CT molecular complexity index is 1160.